The molecule has 0 spiro atoms. The highest BCUT2D eigenvalue weighted by molar-refractivity contribution is 5.07. The second-order valence-corrected chi connectivity index (χ2v) is 5.65. The van der Waals surface area contributed by atoms with Gasteiger partial charge in [0, 0.05) is 17.9 Å². The van der Waals surface area contributed by atoms with E-state index in [0.29, 0.717) is 0 Å². The Labute approximate surface area is 107 Å². The van der Waals surface area contributed by atoms with Crippen LogP contribution in [0.5, 0.6) is 5.88 Å². The van der Waals surface area contributed by atoms with Crippen molar-refractivity contribution in [2.75, 3.05) is 13.1 Å². The molecule has 5 heteroatoms. The smallest absolute Gasteiger partial charge is 0.313 e. The van der Waals surface area contributed by atoms with Crippen LogP contribution < -0.4 is 15.6 Å². The van der Waals surface area contributed by atoms with Crippen LogP contribution in [0.1, 0.15) is 33.6 Å². The van der Waals surface area contributed by atoms with Crippen LogP contribution >= 0.6 is 0 Å². The molecule has 1 fully saturated rings. The minimum atomic E-state index is -0.258. The van der Waals surface area contributed by atoms with Gasteiger partial charge in [-0.25, -0.2) is 4.98 Å². The molecule has 1 aliphatic rings. The van der Waals surface area contributed by atoms with E-state index in [0.717, 1.165) is 25.9 Å². The van der Waals surface area contributed by atoms with Crippen molar-refractivity contribution in [3.8, 4) is 5.88 Å². The molecule has 0 aromatic carbocycles. The molecule has 2 rings (SSSR count). The van der Waals surface area contributed by atoms with E-state index in [9.17, 15) is 4.79 Å². The Hall–Kier alpha value is -1.36. The first kappa shape index (κ1) is 13.1. The summed E-state index contributed by atoms with van der Waals surface area (Å²) < 4.78 is 7.40. The van der Waals surface area contributed by atoms with E-state index < -0.39 is 0 Å². The van der Waals surface area contributed by atoms with E-state index in [1.54, 1.807) is 17.0 Å². The Balaban J connectivity index is 2.21. The van der Waals surface area contributed by atoms with Gasteiger partial charge in [-0.05, 0) is 46.7 Å². The molecule has 2 heterocycles. The van der Waals surface area contributed by atoms with Gasteiger partial charge in [0.2, 0.25) is 0 Å². The number of piperidine rings is 1. The van der Waals surface area contributed by atoms with Crippen molar-refractivity contribution in [3.63, 3.8) is 0 Å². The van der Waals surface area contributed by atoms with Gasteiger partial charge >= 0.3 is 5.56 Å². The van der Waals surface area contributed by atoms with Gasteiger partial charge in [0.1, 0.15) is 6.10 Å². The van der Waals surface area contributed by atoms with Crippen LogP contribution in [0.15, 0.2) is 17.2 Å². The average molecular weight is 251 g/mol. The van der Waals surface area contributed by atoms with Crippen molar-refractivity contribution >= 4 is 0 Å². The van der Waals surface area contributed by atoms with Crippen molar-refractivity contribution in [2.45, 2.75) is 45.3 Å². The standard InChI is InChI=1S/C13H21N3O2/c1-13(2,3)16-9-8-15-11(12(16)17)18-10-4-6-14-7-5-10/h8-10,14H,4-7H2,1-3H3. The van der Waals surface area contributed by atoms with Crippen LogP contribution in [0.3, 0.4) is 0 Å². The molecule has 0 aliphatic carbocycles. The number of hydrogen-bond acceptors (Lipinski definition) is 4. The molecule has 1 aromatic heterocycles. The largest absolute Gasteiger partial charge is 0.470 e. The molecule has 1 N–H and O–H groups in total. The molecule has 5 nitrogen and oxygen atoms in total. The fraction of sp³-hybridized carbons (Fsp3) is 0.692. The Morgan fingerprint density at radius 2 is 2.06 bits per heavy atom. The fourth-order valence-electron chi connectivity index (χ4n) is 2.07. The van der Waals surface area contributed by atoms with Crippen LogP contribution in [-0.2, 0) is 5.54 Å². The summed E-state index contributed by atoms with van der Waals surface area (Å²) in [4.78, 5) is 16.3. The maximum atomic E-state index is 12.2. The van der Waals surface area contributed by atoms with Crippen LogP contribution in [0.25, 0.3) is 0 Å². The Morgan fingerprint density at radius 3 is 2.67 bits per heavy atom. The second-order valence-electron chi connectivity index (χ2n) is 5.65. The van der Waals surface area contributed by atoms with Gasteiger partial charge in [-0.1, -0.05) is 0 Å². The zero-order valence-electron chi connectivity index (χ0n) is 11.3. The van der Waals surface area contributed by atoms with Gasteiger partial charge < -0.3 is 14.6 Å². The summed E-state index contributed by atoms with van der Waals surface area (Å²) >= 11 is 0. The SMILES string of the molecule is CC(C)(C)n1ccnc(OC2CCNCC2)c1=O. The molecule has 1 aromatic rings. The summed E-state index contributed by atoms with van der Waals surface area (Å²) in [5.41, 5.74) is -0.407. The van der Waals surface area contributed by atoms with Crippen molar-refractivity contribution < 1.29 is 4.74 Å². The zero-order valence-corrected chi connectivity index (χ0v) is 11.3. The first-order valence-corrected chi connectivity index (χ1v) is 6.44. The van der Waals surface area contributed by atoms with Crippen LogP contribution in [0.4, 0.5) is 0 Å². The number of nitrogens with zero attached hydrogens (tertiary/aromatic N) is 2. The topological polar surface area (TPSA) is 56.1 Å². The predicted octanol–water partition coefficient (Wildman–Crippen LogP) is 1.13. The molecular formula is C13H21N3O2. The molecule has 100 valence electrons. The molecule has 0 atom stereocenters. The Bertz CT molecular complexity index is 456. The van der Waals surface area contributed by atoms with Gasteiger partial charge in [-0.15, -0.1) is 0 Å². The molecule has 0 bridgehead atoms. The highest BCUT2D eigenvalue weighted by Crippen LogP contribution is 2.14. The van der Waals surface area contributed by atoms with E-state index >= 15 is 0 Å². The third-order valence-electron chi connectivity index (χ3n) is 3.10. The minimum absolute atomic E-state index is 0.0993. The van der Waals surface area contributed by atoms with Crippen LogP contribution in [0.2, 0.25) is 0 Å². The molecule has 1 saturated heterocycles. The Kier molecular flexibility index (Phi) is 3.71. The van der Waals surface area contributed by atoms with E-state index in [4.69, 9.17) is 4.74 Å². The normalized spacial score (nSPS) is 17.7. The fourth-order valence-corrected chi connectivity index (χ4v) is 2.07. The first-order valence-electron chi connectivity index (χ1n) is 6.44. The van der Waals surface area contributed by atoms with Gasteiger partial charge in [0.05, 0.1) is 0 Å². The number of hydrogen-bond donors (Lipinski definition) is 1. The van der Waals surface area contributed by atoms with Gasteiger partial charge in [0.15, 0.2) is 0 Å². The molecule has 1 aliphatic heterocycles. The average Bonchev–Trinajstić information content (AvgIpc) is 2.32. The molecule has 0 amide bonds. The lowest BCUT2D eigenvalue weighted by molar-refractivity contribution is 0.151. The van der Waals surface area contributed by atoms with Gasteiger partial charge in [-0.3, -0.25) is 4.79 Å². The second kappa shape index (κ2) is 5.10. The summed E-state index contributed by atoms with van der Waals surface area (Å²) in [6, 6.07) is 0. The van der Waals surface area contributed by atoms with Crippen LogP contribution in [0, 0.1) is 0 Å². The summed E-state index contributed by atoms with van der Waals surface area (Å²) in [6.45, 7) is 7.84. The molecule has 18 heavy (non-hydrogen) atoms. The van der Waals surface area contributed by atoms with Crippen molar-refractivity contribution in [2.24, 2.45) is 0 Å². The van der Waals surface area contributed by atoms with E-state index in [-0.39, 0.29) is 23.1 Å². The molecular weight excluding hydrogens is 230 g/mol. The van der Waals surface area contributed by atoms with Gasteiger partial charge in [-0.2, -0.15) is 0 Å². The minimum Gasteiger partial charge on any atom is -0.470 e. The number of aromatic nitrogens is 2. The summed E-state index contributed by atoms with van der Waals surface area (Å²) in [5, 5.41) is 3.27. The summed E-state index contributed by atoms with van der Waals surface area (Å²) in [6.07, 6.45) is 5.28. The predicted molar refractivity (Wildman–Crippen MR) is 70.0 cm³/mol. The highest BCUT2D eigenvalue weighted by Gasteiger charge is 2.20. The molecule has 0 saturated carbocycles. The lowest BCUT2D eigenvalue weighted by Gasteiger charge is -2.25. The third kappa shape index (κ3) is 2.90. The maximum Gasteiger partial charge on any atom is 0.313 e. The monoisotopic (exact) mass is 251 g/mol. The number of nitrogens with one attached hydrogen (secondary N) is 1. The van der Waals surface area contributed by atoms with Gasteiger partial charge in [0.25, 0.3) is 5.88 Å². The van der Waals surface area contributed by atoms with E-state index in [1.807, 2.05) is 20.8 Å². The highest BCUT2D eigenvalue weighted by atomic mass is 16.5. The molecule has 0 unspecified atom stereocenters. The maximum absolute atomic E-state index is 12.2. The quantitative estimate of drug-likeness (QED) is 0.856. The zero-order chi connectivity index (χ0) is 13.2. The van der Waals surface area contributed by atoms with Crippen molar-refractivity contribution in [1.29, 1.82) is 0 Å². The first-order chi connectivity index (χ1) is 8.48. The summed E-state index contributed by atoms with van der Waals surface area (Å²) in [5.74, 6) is 0.222. The molecule has 0 radical (unpaired) electrons. The van der Waals surface area contributed by atoms with E-state index in [2.05, 4.69) is 10.3 Å². The third-order valence-corrected chi connectivity index (χ3v) is 3.10. The van der Waals surface area contributed by atoms with Crippen molar-refractivity contribution in [3.05, 3.63) is 22.7 Å². The van der Waals surface area contributed by atoms with Crippen molar-refractivity contribution in [1.82, 2.24) is 14.9 Å². The lowest BCUT2D eigenvalue weighted by Crippen LogP contribution is -2.38. The Morgan fingerprint density at radius 1 is 1.39 bits per heavy atom. The number of ether oxygens (including phenoxy) is 1. The summed E-state index contributed by atoms with van der Waals surface area (Å²) in [7, 11) is 0. The van der Waals surface area contributed by atoms with Crippen LogP contribution in [-0.4, -0.2) is 28.7 Å². The number of rotatable bonds is 2. The lowest BCUT2D eigenvalue weighted by atomic mass is 10.1. The van der Waals surface area contributed by atoms with E-state index in [1.165, 1.54) is 0 Å².